The summed E-state index contributed by atoms with van der Waals surface area (Å²) in [6.07, 6.45) is 1.11. The molecule has 0 fully saturated rings. The highest BCUT2D eigenvalue weighted by Gasteiger charge is 2.01. The second kappa shape index (κ2) is 5.78. The Kier molecular flexibility index (Phi) is 4.63. The Bertz CT molecular complexity index is 282. The summed E-state index contributed by atoms with van der Waals surface area (Å²) in [5, 5.41) is 6.38. The molecule has 78 valence electrons. The van der Waals surface area contributed by atoms with Crippen LogP contribution in [0.4, 0.5) is 0 Å². The van der Waals surface area contributed by atoms with Crippen molar-refractivity contribution in [3.05, 3.63) is 34.9 Å². The molecule has 14 heavy (non-hydrogen) atoms. The molecule has 0 saturated carbocycles. The molecule has 0 aromatic heterocycles. The minimum absolute atomic E-state index is 0.958. The van der Waals surface area contributed by atoms with Gasteiger partial charge in [0.1, 0.15) is 0 Å². The first-order chi connectivity index (χ1) is 6.77. The monoisotopic (exact) mass is 192 g/mol. The molecule has 0 unspecified atom stereocenters. The normalized spacial score (nSPS) is 10.5. The summed E-state index contributed by atoms with van der Waals surface area (Å²) in [6.45, 7) is 4.14. The van der Waals surface area contributed by atoms with Gasteiger partial charge < -0.3 is 10.6 Å². The van der Waals surface area contributed by atoms with Gasteiger partial charge >= 0.3 is 0 Å². The summed E-state index contributed by atoms with van der Waals surface area (Å²) in [4.78, 5) is 0. The van der Waals surface area contributed by atoms with Crippen molar-refractivity contribution < 1.29 is 0 Å². The van der Waals surface area contributed by atoms with Crippen LogP contribution >= 0.6 is 0 Å². The summed E-state index contributed by atoms with van der Waals surface area (Å²) in [5.41, 5.74) is 4.21. The van der Waals surface area contributed by atoms with Gasteiger partial charge in [0.2, 0.25) is 0 Å². The number of nitrogens with one attached hydrogen (secondary N) is 2. The van der Waals surface area contributed by atoms with Gasteiger partial charge in [-0.25, -0.2) is 0 Å². The summed E-state index contributed by atoms with van der Waals surface area (Å²) >= 11 is 0. The van der Waals surface area contributed by atoms with E-state index in [-0.39, 0.29) is 0 Å². The molecule has 0 heterocycles. The fourth-order valence-corrected chi connectivity index (χ4v) is 1.61. The summed E-state index contributed by atoms with van der Waals surface area (Å²) < 4.78 is 0. The molecule has 2 heteroatoms. The first-order valence-corrected chi connectivity index (χ1v) is 5.15. The van der Waals surface area contributed by atoms with Gasteiger partial charge in [0.25, 0.3) is 0 Å². The van der Waals surface area contributed by atoms with Crippen molar-refractivity contribution in [2.24, 2.45) is 0 Å². The van der Waals surface area contributed by atoms with E-state index >= 15 is 0 Å². The molecule has 0 aliphatic heterocycles. The third kappa shape index (κ3) is 3.13. The van der Waals surface area contributed by atoms with Gasteiger partial charge in [-0.2, -0.15) is 0 Å². The smallest absolute Gasteiger partial charge is 0.0205 e. The van der Waals surface area contributed by atoms with E-state index in [1.807, 2.05) is 14.1 Å². The molecule has 0 aliphatic carbocycles. The second-order valence-electron chi connectivity index (χ2n) is 3.66. The van der Waals surface area contributed by atoms with Crippen molar-refractivity contribution in [3.63, 3.8) is 0 Å². The lowest BCUT2D eigenvalue weighted by molar-refractivity contribution is 0.762. The molecular formula is C12H20N2. The highest BCUT2D eigenvalue weighted by atomic mass is 14.8. The third-order valence-electron chi connectivity index (χ3n) is 2.37. The van der Waals surface area contributed by atoms with E-state index in [4.69, 9.17) is 0 Å². The number of hydrogen-bond donors (Lipinski definition) is 2. The summed E-state index contributed by atoms with van der Waals surface area (Å²) in [6, 6.07) is 6.68. The quantitative estimate of drug-likeness (QED) is 0.738. The molecule has 1 rings (SSSR count). The van der Waals surface area contributed by atoms with Crippen LogP contribution in [0.1, 0.15) is 16.7 Å². The topological polar surface area (TPSA) is 24.1 Å². The van der Waals surface area contributed by atoms with Crippen molar-refractivity contribution in [1.82, 2.24) is 10.6 Å². The maximum Gasteiger partial charge on any atom is 0.0205 e. The SMILES string of the molecule is CNCCc1cc(C)ccc1CNC. The number of hydrogen-bond acceptors (Lipinski definition) is 2. The van der Waals surface area contributed by atoms with Gasteiger partial charge in [-0.15, -0.1) is 0 Å². The van der Waals surface area contributed by atoms with Gasteiger partial charge in [0.05, 0.1) is 0 Å². The Hall–Kier alpha value is -0.860. The first-order valence-electron chi connectivity index (χ1n) is 5.15. The standard InChI is InChI=1S/C12H20N2/c1-10-4-5-12(9-14-3)11(8-10)6-7-13-2/h4-5,8,13-14H,6-7,9H2,1-3H3. The molecule has 0 atom stereocenters. The van der Waals surface area contributed by atoms with Crippen LogP contribution in [-0.4, -0.2) is 20.6 Å². The highest BCUT2D eigenvalue weighted by molar-refractivity contribution is 5.31. The Balaban J connectivity index is 2.79. The van der Waals surface area contributed by atoms with E-state index in [1.165, 1.54) is 16.7 Å². The van der Waals surface area contributed by atoms with E-state index < -0.39 is 0 Å². The van der Waals surface area contributed by atoms with E-state index in [0.29, 0.717) is 0 Å². The Morgan fingerprint density at radius 2 is 1.86 bits per heavy atom. The zero-order valence-corrected chi connectivity index (χ0v) is 9.35. The fourth-order valence-electron chi connectivity index (χ4n) is 1.61. The van der Waals surface area contributed by atoms with E-state index in [9.17, 15) is 0 Å². The molecule has 0 spiro atoms. The van der Waals surface area contributed by atoms with Crippen molar-refractivity contribution >= 4 is 0 Å². The lowest BCUT2D eigenvalue weighted by atomic mass is 10.0. The Labute approximate surface area is 86.7 Å². The van der Waals surface area contributed by atoms with Crippen LogP contribution in [0.25, 0.3) is 0 Å². The molecular weight excluding hydrogens is 172 g/mol. The van der Waals surface area contributed by atoms with Crippen LogP contribution in [0.2, 0.25) is 0 Å². The number of rotatable bonds is 5. The fraction of sp³-hybridized carbons (Fsp3) is 0.500. The van der Waals surface area contributed by atoms with Crippen molar-refractivity contribution in [1.29, 1.82) is 0 Å². The number of aryl methyl sites for hydroxylation is 1. The van der Waals surface area contributed by atoms with Gasteiger partial charge in [0, 0.05) is 6.54 Å². The number of benzene rings is 1. The molecule has 2 N–H and O–H groups in total. The van der Waals surface area contributed by atoms with Crippen LogP contribution in [0, 0.1) is 6.92 Å². The summed E-state index contributed by atoms with van der Waals surface area (Å²) in [7, 11) is 3.98. The minimum Gasteiger partial charge on any atom is -0.319 e. The zero-order chi connectivity index (χ0) is 10.4. The van der Waals surface area contributed by atoms with Gasteiger partial charge in [-0.05, 0) is 45.1 Å². The van der Waals surface area contributed by atoms with E-state index in [0.717, 1.165) is 19.5 Å². The van der Waals surface area contributed by atoms with Crippen LogP contribution < -0.4 is 10.6 Å². The largest absolute Gasteiger partial charge is 0.319 e. The molecule has 2 nitrogen and oxygen atoms in total. The maximum absolute atomic E-state index is 3.20. The molecule has 1 aromatic carbocycles. The summed E-state index contributed by atoms with van der Waals surface area (Å²) in [5.74, 6) is 0. The molecule has 0 saturated heterocycles. The van der Waals surface area contributed by atoms with Crippen molar-refractivity contribution in [2.75, 3.05) is 20.6 Å². The van der Waals surface area contributed by atoms with Crippen LogP contribution in [0.3, 0.4) is 0 Å². The van der Waals surface area contributed by atoms with E-state index in [2.05, 4.69) is 35.8 Å². The molecule has 1 aromatic rings. The van der Waals surface area contributed by atoms with E-state index in [1.54, 1.807) is 0 Å². The number of likely N-dealkylation sites (N-methyl/N-ethyl adjacent to an activating group) is 1. The van der Waals surface area contributed by atoms with Crippen molar-refractivity contribution in [2.45, 2.75) is 19.9 Å². The second-order valence-corrected chi connectivity index (χ2v) is 3.66. The van der Waals surface area contributed by atoms with Gasteiger partial charge in [-0.1, -0.05) is 23.8 Å². The average Bonchev–Trinajstić information content (AvgIpc) is 2.18. The van der Waals surface area contributed by atoms with Gasteiger partial charge in [0.15, 0.2) is 0 Å². The average molecular weight is 192 g/mol. The lowest BCUT2D eigenvalue weighted by Crippen LogP contribution is -2.14. The predicted octanol–water partition coefficient (Wildman–Crippen LogP) is 1.48. The maximum atomic E-state index is 3.20. The zero-order valence-electron chi connectivity index (χ0n) is 9.35. The Morgan fingerprint density at radius 1 is 1.07 bits per heavy atom. The minimum atomic E-state index is 0.958. The van der Waals surface area contributed by atoms with Crippen LogP contribution in [0.5, 0.6) is 0 Å². The Morgan fingerprint density at radius 3 is 2.50 bits per heavy atom. The van der Waals surface area contributed by atoms with Crippen LogP contribution in [-0.2, 0) is 13.0 Å². The molecule has 0 amide bonds. The van der Waals surface area contributed by atoms with Gasteiger partial charge in [-0.3, -0.25) is 0 Å². The molecule has 0 radical (unpaired) electrons. The van der Waals surface area contributed by atoms with Crippen LogP contribution in [0.15, 0.2) is 18.2 Å². The molecule has 0 bridgehead atoms. The lowest BCUT2D eigenvalue weighted by Gasteiger charge is -2.10. The third-order valence-corrected chi connectivity index (χ3v) is 2.37. The predicted molar refractivity (Wildman–Crippen MR) is 61.6 cm³/mol. The first kappa shape index (κ1) is 11.2. The molecule has 0 aliphatic rings. The highest BCUT2D eigenvalue weighted by Crippen LogP contribution is 2.12. The van der Waals surface area contributed by atoms with Crippen molar-refractivity contribution in [3.8, 4) is 0 Å².